The van der Waals surface area contributed by atoms with Gasteiger partial charge < -0.3 is 10.5 Å². The van der Waals surface area contributed by atoms with Crippen LogP contribution in [0.1, 0.15) is 39.9 Å². The van der Waals surface area contributed by atoms with E-state index in [0.717, 1.165) is 5.56 Å². The molecule has 0 aliphatic heterocycles. The molecule has 110 valence electrons. The molecule has 0 amide bonds. The summed E-state index contributed by atoms with van der Waals surface area (Å²) in [6.45, 7) is 5.82. The molecule has 1 aromatic heterocycles. The van der Waals surface area contributed by atoms with Gasteiger partial charge in [0.05, 0.1) is 12.3 Å². The summed E-state index contributed by atoms with van der Waals surface area (Å²) in [5, 5.41) is 0. The highest BCUT2D eigenvalue weighted by atomic mass is 16.5. The lowest BCUT2D eigenvalue weighted by Crippen LogP contribution is -2.14. The topological polar surface area (TPSA) is 78.1 Å². The Morgan fingerprint density at radius 2 is 1.86 bits per heavy atom. The summed E-state index contributed by atoms with van der Waals surface area (Å²) < 4.78 is 4.96. The summed E-state index contributed by atoms with van der Waals surface area (Å²) in [6.07, 6.45) is 0.578. The normalized spacial score (nSPS) is 10.4. The lowest BCUT2D eigenvalue weighted by Gasteiger charge is -2.09. The molecule has 2 rings (SSSR count). The van der Waals surface area contributed by atoms with Crippen molar-refractivity contribution in [3.63, 3.8) is 0 Å². The van der Waals surface area contributed by atoms with Crippen LogP contribution in [-0.2, 0) is 11.2 Å². The summed E-state index contributed by atoms with van der Waals surface area (Å²) in [5.41, 5.74) is 8.98. The fourth-order valence-corrected chi connectivity index (χ4v) is 2.08. The number of anilines is 1. The highest BCUT2D eigenvalue weighted by Crippen LogP contribution is 2.16. The molecule has 0 atom stereocenters. The quantitative estimate of drug-likeness (QED) is 0.873. The van der Waals surface area contributed by atoms with Gasteiger partial charge in [0.25, 0.3) is 0 Å². The number of nitrogens with two attached hydrogens (primary N) is 1. The minimum absolute atomic E-state index is 0.170. The van der Waals surface area contributed by atoms with Crippen LogP contribution in [0.2, 0.25) is 0 Å². The fourth-order valence-electron chi connectivity index (χ4n) is 2.08. The number of aromatic nitrogens is 2. The van der Waals surface area contributed by atoms with Gasteiger partial charge in [-0.25, -0.2) is 14.8 Å². The van der Waals surface area contributed by atoms with Crippen molar-refractivity contribution >= 4 is 11.8 Å². The van der Waals surface area contributed by atoms with Crippen LogP contribution in [0, 0.1) is 13.8 Å². The van der Waals surface area contributed by atoms with Crippen molar-refractivity contribution in [2.75, 3.05) is 12.3 Å². The van der Waals surface area contributed by atoms with Gasteiger partial charge >= 0.3 is 5.97 Å². The van der Waals surface area contributed by atoms with Gasteiger partial charge in [0.15, 0.2) is 0 Å². The minimum atomic E-state index is -0.477. The maximum Gasteiger partial charge on any atom is 0.343 e. The predicted octanol–water partition coefficient (Wildman–Crippen LogP) is 2.44. The average Bonchev–Trinajstić information content (AvgIpc) is 2.41. The maximum absolute atomic E-state index is 11.8. The van der Waals surface area contributed by atoms with E-state index >= 15 is 0 Å². The van der Waals surface area contributed by atoms with Crippen molar-refractivity contribution in [2.45, 2.75) is 27.2 Å². The van der Waals surface area contributed by atoms with Crippen LogP contribution in [0.15, 0.2) is 24.3 Å². The largest absolute Gasteiger partial charge is 0.462 e. The number of ether oxygens (including phenoxy) is 1. The molecule has 0 bridgehead atoms. The molecule has 0 aliphatic rings. The Kier molecular flexibility index (Phi) is 4.52. The molecule has 0 fully saturated rings. The van der Waals surface area contributed by atoms with E-state index in [2.05, 4.69) is 9.97 Å². The second kappa shape index (κ2) is 6.35. The van der Waals surface area contributed by atoms with Gasteiger partial charge in [0.1, 0.15) is 17.2 Å². The molecule has 0 saturated heterocycles. The third-order valence-corrected chi connectivity index (χ3v) is 3.13. The first-order valence-corrected chi connectivity index (χ1v) is 6.87. The zero-order valence-corrected chi connectivity index (χ0v) is 12.5. The zero-order chi connectivity index (χ0) is 15.4. The van der Waals surface area contributed by atoms with Crippen LogP contribution in [0.3, 0.4) is 0 Å². The number of aryl methyl sites for hydroxylation is 2. The molecule has 21 heavy (non-hydrogen) atoms. The number of nitrogen functional groups attached to an aromatic ring is 1. The summed E-state index contributed by atoms with van der Waals surface area (Å²) in [4.78, 5) is 20.4. The van der Waals surface area contributed by atoms with Gasteiger partial charge in [0.2, 0.25) is 0 Å². The first kappa shape index (κ1) is 15.0. The summed E-state index contributed by atoms with van der Waals surface area (Å²) in [5.74, 6) is 0.291. The maximum atomic E-state index is 11.8. The van der Waals surface area contributed by atoms with Crippen molar-refractivity contribution in [3.05, 3.63) is 52.5 Å². The first-order chi connectivity index (χ1) is 10.0. The van der Waals surface area contributed by atoms with E-state index in [9.17, 15) is 4.79 Å². The number of hydrogen-bond acceptors (Lipinski definition) is 5. The Bertz CT molecular complexity index is 628. The number of benzene rings is 1. The van der Waals surface area contributed by atoms with E-state index in [4.69, 9.17) is 10.5 Å². The van der Waals surface area contributed by atoms with Crippen LogP contribution in [0.25, 0.3) is 0 Å². The SMILES string of the molecule is CCOC(=O)c1c(C)nc(Cc2ccc(C)cc2)nc1N. The molecule has 0 saturated carbocycles. The van der Waals surface area contributed by atoms with E-state index in [0.29, 0.717) is 24.5 Å². The van der Waals surface area contributed by atoms with Crippen LogP contribution >= 0.6 is 0 Å². The van der Waals surface area contributed by atoms with Crippen LogP contribution in [0.5, 0.6) is 0 Å². The molecule has 2 aromatic rings. The average molecular weight is 285 g/mol. The number of carbonyl (C=O) groups is 1. The number of carbonyl (C=O) groups excluding carboxylic acids is 1. The van der Waals surface area contributed by atoms with Crippen LogP contribution < -0.4 is 5.73 Å². The Hall–Kier alpha value is -2.43. The monoisotopic (exact) mass is 285 g/mol. The lowest BCUT2D eigenvalue weighted by atomic mass is 10.1. The molecule has 5 heteroatoms. The molecule has 0 aliphatic carbocycles. The van der Waals surface area contributed by atoms with Gasteiger partial charge in [-0.1, -0.05) is 29.8 Å². The van der Waals surface area contributed by atoms with Crippen molar-refractivity contribution in [1.29, 1.82) is 0 Å². The van der Waals surface area contributed by atoms with Gasteiger partial charge in [-0.15, -0.1) is 0 Å². The van der Waals surface area contributed by atoms with E-state index < -0.39 is 5.97 Å². The number of rotatable bonds is 4. The van der Waals surface area contributed by atoms with Gasteiger partial charge in [-0.3, -0.25) is 0 Å². The lowest BCUT2D eigenvalue weighted by molar-refractivity contribution is 0.0526. The smallest absolute Gasteiger partial charge is 0.343 e. The Labute approximate surface area is 124 Å². The van der Waals surface area contributed by atoms with Crippen LogP contribution in [0.4, 0.5) is 5.82 Å². The highest BCUT2D eigenvalue weighted by molar-refractivity contribution is 5.95. The summed E-state index contributed by atoms with van der Waals surface area (Å²) >= 11 is 0. The van der Waals surface area contributed by atoms with E-state index in [1.165, 1.54) is 5.56 Å². The van der Waals surface area contributed by atoms with Crippen molar-refractivity contribution in [3.8, 4) is 0 Å². The Morgan fingerprint density at radius 1 is 1.19 bits per heavy atom. The molecule has 1 heterocycles. The summed E-state index contributed by atoms with van der Waals surface area (Å²) in [6, 6.07) is 8.14. The summed E-state index contributed by atoms with van der Waals surface area (Å²) in [7, 11) is 0. The zero-order valence-electron chi connectivity index (χ0n) is 12.5. The minimum Gasteiger partial charge on any atom is -0.462 e. The van der Waals surface area contributed by atoms with Gasteiger partial charge in [-0.05, 0) is 26.3 Å². The highest BCUT2D eigenvalue weighted by Gasteiger charge is 2.18. The van der Waals surface area contributed by atoms with E-state index in [1.807, 2.05) is 31.2 Å². The third-order valence-electron chi connectivity index (χ3n) is 3.13. The fraction of sp³-hybridized carbons (Fsp3) is 0.312. The molecular weight excluding hydrogens is 266 g/mol. The number of nitrogens with zero attached hydrogens (tertiary/aromatic N) is 2. The predicted molar refractivity (Wildman–Crippen MR) is 81.1 cm³/mol. The molecular formula is C16H19N3O2. The Morgan fingerprint density at radius 3 is 2.43 bits per heavy atom. The molecule has 2 N–H and O–H groups in total. The van der Waals surface area contributed by atoms with Crippen molar-refractivity contribution in [2.24, 2.45) is 0 Å². The third kappa shape index (κ3) is 3.56. The van der Waals surface area contributed by atoms with E-state index in [-0.39, 0.29) is 11.4 Å². The van der Waals surface area contributed by atoms with Crippen LogP contribution in [-0.4, -0.2) is 22.5 Å². The standard InChI is InChI=1S/C16H19N3O2/c1-4-21-16(20)14-11(3)18-13(19-15(14)17)9-12-7-5-10(2)6-8-12/h5-8H,4,9H2,1-3H3,(H2,17,18,19). The number of hydrogen-bond donors (Lipinski definition) is 1. The van der Waals surface area contributed by atoms with Crippen molar-refractivity contribution < 1.29 is 9.53 Å². The molecule has 0 radical (unpaired) electrons. The number of esters is 1. The van der Waals surface area contributed by atoms with Gasteiger partial charge in [-0.2, -0.15) is 0 Å². The van der Waals surface area contributed by atoms with Crippen molar-refractivity contribution in [1.82, 2.24) is 9.97 Å². The Balaban J connectivity index is 2.27. The second-order valence-electron chi connectivity index (χ2n) is 4.87. The molecule has 1 aromatic carbocycles. The molecule has 0 spiro atoms. The molecule has 5 nitrogen and oxygen atoms in total. The van der Waals surface area contributed by atoms with E-state index in [1.54, 1.807) is 13.8 Å². The molecule has 0 unspecified atom stereocenters. The van der Waals surface area contributed by atoms with Gasteiger partial charge in [0, 0.05) is 6.42 Å². The first-order valence-electron chi connectivity index (χ1n) is 6.87. The second-order valence-corrected chi connectivity index (χ2v) is 4.87.